The first-order valence-corrected chi connectivity index (χ1v) is 8.93. The Hall–Kier alpha value is -3.23. The van der Waals surface area contributed by atoms with Gasteiger partial charge in [-0.15, -0.1) is 0 Å². The quantitative estimate of drug-likeness (QED) is 0.740. The number of ether oxygens (including phenoxy) is 3. The fourth-order valence-electron chi connectivity index (χ4n) is 3.25. The minimum Gasteiger partial charge on any atom is -0.493 e. The molecule has 1 aliphatic rings. The van der Waals surface area contributed by atoms with Crippen LogP contribution in [0.25, 0.3) is 0 Å². The summed E-state index contributed by atoms with van der Waals surface area (Å²) >= 11 is 0. The number of carboxylic acids is 1. The van der Waals surface area contributed by atoms with Gasteiger partial charge in [-0.2, -0.15) is 4.98 Å². The zero-order chi connectivity index (χ0) is 20.1. The van der Waals surface area contributed by atoms with Crippen molar-refractivity contribution in [1.82, 2.24) is 9.97 Å². The minimum absolute atomic E-state index is 0.379. The molecule has 28 heavy (non-hydrogen) atoms. The number of aromatic nitrogens is 2. The molecule has 150 valence electrons. The summed E-state index contributed by atoms with van der Waals surface area (Å²) in [6.07, 6.45) is 3.15. The number of carboxylic acid groups (broad SMARTS) is 1. The molecule has 2 N–H and O–H groups in total. The Morgan fingerprint density at radius 2 is 1.93 bits per heavy atom. The Labute approximate surface area is 163 Å². The van der Waals surface area contributed by atoms with Crippen LogP contribution in [0.2, 0.25) is 0 Å². The van der Waals surface area contributed by atoms with E-state index < -0.39 is 5.97 Å². The number of anilines is 3. The van der Waals surface area contributed by atoms with Crippen LogP contribution in [0.3, 0.4) is 0 Å². The predicted octanol–water partition coefficient (Wildman–Crippen LogP) is 2.55. The minimum atomic E-state index is -0.769. The van der Waals surface area contributed by atoms with Crippen LogP contribution >= 0.6 is 0 Å². The molecule has 0 aliphatic carbocycles. The smallest absolute Gasteiger partial charge is 0.308 e. The third-order valence-electron chi connectivity index (χ3n) is 4.66. The highest BCUT2D eigenvalue weighted by molar-refractivity contribution is 5.71. The summed E-state index contributed by atoms with van der Waals surface area (Å²) in [5, 5.41) is 12.4. The molecule has 9 heteroatoms. The average Bonchev–Trinajstić information content (AvgIpc) is 2.73. The predicted molar refractivity (Wildman–Crippen MR) is 104 cm³/mol. The van der Waals surface area contributed by atoms with Crippen LogP contribution in [0.15, 0.2) is 24.4 Å². The summed E-state index contributed by atoms with van der Waals surface area (Å²) in [6, 6.07) is 5.31. The largest absolute Gasteiger partial charge is 0.493 e. The maximum atomic E-state index is 11.3. The van der Waals surface area contributed by atoms with Crippen LogP contribution in [0.1, 0.15) is 12.8 Å². The van der Waals surface area contributed by atoms with E-state index in [0.717, 1.165) is 13.0 Å². The molecule has 1 fully saturated rings. The van der Waals surface area contributed by atoms with Crippen molar-refractivity contribution >= 4 is 23.4 Å². The lowest BCUT2D eigenvalue weighted by Gasteiger charge is -2.31. The topological polar surface area (TPSA) is 106 Å². The number of hydrogen-bond donors (Lipinski definition) is 2. The Kier molecular flexibility index (Phi) is 6.03. The average molecular weight is 388 g/mol. The van der Waals surface area contributed by atoms with E-state index in [-0.39, 0.29) is 5.92 Å². The Bertz CT molecular complexity index is 820. The lowest BCUT2D eigenvalue weighted by Crippen LogP contribution is -2.39. The van der Waals surface area contributed by atoms with Gasteiger partial charge in [-0.25, -0.2) is 4.98 Å². The van der Waals surface area contributed by atoms with E-state index >= 15 is 0 Å². The zero-order valence-corrected chi connectivity index (χ0v) is 16.1. The first-order chi connectivity index (χ1) is 13.5. The van der Waals surface area contributed by atoms with Crippen molar-refractivity contribution in [3.05, 3.63) is 24.4 Å². The second kappa shape index (κ2) is 8.64. The molecule has 2 heterocycles. The first-order valence-electron chi connectivity index (χ1n) is 8.93. The number of aliphatic carboxylic acids is 1. The second-order valence-corrected chi connectivity index (χ2v) is 6.40. The van der Waals surface area contributed by atoms with Gasteiger partial charge in [0, 0.05) is 37.1 Å². The van der Waals surface area contributed by atoms with E-state index in [1.807, 2.05) is 4.90 Å². The van der Waals surface area contributed by atoms with E-state index in [2.05, 4.69) is 15.3 Å². The van der Waals surface area contributed by atoms with E-state index in [0.29, 0.717) is 47.7 Å². The number of piperidine rings is 1. The summed E-state index contributed by atoms with van der Waals surface area (Å²) < 4.78 is 16.0. The van der Waals surface area contributed by atoms with Gasteiger partial charge in [0.15, 0.2) is 11.5 Å². The molecule has 1 atom stereocenters. The summed E-state index contributed by atoms with van der Waals surface area (Å²) in [6.45, 7) is 1.21. The third kappa shape index (κ3) is 4.19. The highest BCUT2D eigenvalue weighted by atomic mass is 16.5. The highest BCUT2D eigenvalue weighted by Gasteiger charge is 2.26. The molecule has 1 aromatic heterocycles. The van der Waals surface area contributed by atoms with Crippen molar-refractivity contribution < 1.29 is 24.1 Å². The fourth-order valence-corrected chi connectivity index (χ4v) is 3.25. The SMILES string of the molecule is COc1cc(Nc2nccc(N3CCC[C@@H](C(=O)O)C3)n2)cc(OC)c1OC. The van der Waals surface area contributed by atoms with E-state index in [9.17, 15) is 9.90 Å². The molecule has 0 bridgehead atoms. The molecule has 1 aliphatic heterocycles. The van der Waals surface area contributed by atoms with Crippen LogP contribution in [-0.2, 0) is 4.79 Å². The van der Waals surface area contributed by atoms with Crippen LogP contribution in [0.4, 0.5) is 17.5 Å². The number of rotatable bonds is 7. The van der Waals surface area contributed by atoms with Gasteiger partial charge in [-0.1, -0.05) is 0 Å². The molecular formula is C19H24N4O5. The zero-order valence-electron chi connectivity index (χ0n) is 16.1. The first kappa shape index (κ1) is 19.5. The number of methoxy groups -OCH3 is 3. The fraction of sp³-hybridized carbons (Fsp3) is 0.421. The maximum absolute atomic E-state index is 11.3. The van der Waals surface area contributed by atoms with Gasteiger partial charge >= 0.3 is 5.97 Å². The number of hydrogen-bond acceptors (Lipinski definition) is 8. The van der Waals surface area contributed by atoms with Crippen LogP contribution in [0, 0.1) is 5.92 Å². The second-order valence-electron chi connectivity index (χ2n) is 6.40. The summed E-state index contributed by atoms with van der Waals surface area (Å²) in [4.78, 5) is 22.1. The van der Waals surface area contributed by atoms with Crippen molar-refractivity contribution in [2.24, 2.45) is 5.92 Å². The number of carbonyl (C=O) groups is 1. The summed E-state index contributed by atoms with van der Waals surface area (Å²) in [7, 11) is 4.64. The molecule has 2 aromatic rings. The Balaban J connectivity index is 1.82. The molecule has 0 spiro atoms. The van der Waals surface area contributed by atoms with Crippen molar-refractivity contribution in [3.8, 4) is 17.2 Å². The van der Waals surface area contributed by atoms with Crippen molar-refractivity contribution in [2.45, 2.75) is 12.8 Å². The maximum Gasteiger partial charge on any atom is 0.308 e. The van der Waals surface area contributed by atoms with Crippen molar-refractivity contribution in [1.29, 1.82) is 0 Å². The molecule has 9 nitrogen and oxygen atoms in total. The van der Waals surface area contributed by atoms with Crippen molar-refractivity contribution in [2.75, 3.05) is 44.6 Å². The molecule has 0 amide bonds. The standard InChI is InChI=1S/C19H24N4O5/c1-26-14-9-13(10-15(27-2)17(14)28-3)21-19-20-7-6-16(22-19)23-8-4-5-12(11-23)18(24)25/h6-7,9-10,12H,4-5,8,11H2,1-3H3,(H,24,25)(H,20,21,22)/t12-/m1/s1. The van der Waals surface area contributed by atoms with E-state index in [4.69, 9.17) is 14.2 Å². The van der Waals surface area contributed by atoms with E-state index in [1.165, 1.54) is 0 Å². The van der Waals surface area contributed by atoms with Crippen molar-refractivity contribution in [3.63, 3.8) is 0 Å². The molecule has 0 radical (unpaired) electrons. The number of benzene rings is 1. The summed E-state index contributed by atoms with van der Waals surface area (Å²) in [5.74, 6) is 1.46. The highest BCUT2D eigenvalue weighted by Crippen LogP contribution is 2.40. The number of nitrogens with zero attached hydrogens (tertiary/aromatic N) is 3. The molecule has 1 aromatic carbocycles. The van der Waals surface area contributed by atoms with Gasteiger partial charge in [-0.3, -0.25) is 4.79 Å². The third-order valence-corrected chi connectivity index (χ3v) is 4.66. The molecular weight excluding hydrogens is 364 g/mol. The van der Waals surface area contributed by atoms with E-state index in [1.54, 1.807) is 45.7 Å². The van der Waals surface area contributed by atoms with Crippen LogP contribution in [0.5, 0.6) is 17.2 Å². The van der Waals surface area contributed by atoms with Gasteiger partial charge in [0.25, 0.3) is 0 Å². The number of nitrogens with one attached hydrogen (secondary N) is 1. The van der Waals surface area contributed by atoms with Gasteiger partial charge in [0.1, 0.15) is 5.82 Å². The van der Waals surface area contributed by atoms with Gasteiger partial charge in [0.2, 0.25) is 11.7 Å². The summed E-state index contributed by atoms with van der Waals surface area (Å²) in [5.41, 5.74) is 0.675. The van der Waals surface area contributed by atoms with Gasteiger partial charge < -0.3 is 29.5 Å². The lowest BCUT2D eigenvalue weighted by molar-refractivity contribution is -0.141. The molecule has 0 unspecified atom stereocenters. The normalized spacial score (nSPS) is 16.4. The molecule has 0 saturated carbocycles. The lowest BCUT2D eigenvalue weighted by atomic mass is 9.98. The molecule has 3 rings (SSSR count). The Morgan fingerprint density at radius 3 is 2.54 bits per heavy atom. The monoisotopic (exact) mass is 388 g/mol. The Morgan fingerprint density at radius 1 is 1.21 bits per heavy atom. The van der Waals surface area contributed by atoms with Gasteiger partial charge in [-0.05, 0) is 18.9 Å². The van der Waals surface area contributed by atoms with Crippen LogP contribution < -0.4 is 24.4 Å². The van der Waals surface area contributed by atoms with Gasteiger partial charge in [0.05, 0.1) is 27.2 Å². The van der Waals surface area contributed by atoms with Crippen LogP contribution in [-0.4, -0.2) is 55.5 Å². The molecule has 1 saturated heterocycles.